The smallest absolute Gasteiger partial charge is 0.454 e. The Kier molecular flexibility index (Phi) is 5.81. The van der Waals surface area contributed by atoms with E-state index in [4.69, 9.17) is 4.74 Å². The van der Waals surface area contributed by atoms with Crippen LogP contribution in [0.3, 0.4) is 0 Å². The maximum absolute atomic E-state index is 12.9. The molecule has 2 rings (SSSR count). The molecular weight excluding hydrogens is 383 g/mol. The number of halogens is 5. The number of nitrogens with zero attached hydrogens (tertiary/aromatic N) is 1. The molecule has 0 atom stereocenters. The summed E-state index contributed by atoms with van der Waals surface area (Å²) in [6, 6.07) is 12.3. The summed E-state index contributed by atoms with van der Waals surface area (Å²) >= 11 is 0. The fourth-order valence-electron chi connectivity index (χ4n) is 1.72. The first-order valence-electron chi connectivity index (χ1n) is 7.09. The molecule has 0 spiro atoms. The number of benzene rings is 1. The van der Waals surface area contributed by atoms with Crippen molar-refractivity contribution in [2.75, 3.05) is 6.54 Å². The number of nitrogens with one attached hydrogen (secondary N) is 1. The fourth-order valence-corrected chi connectivity index (χ4v) is 2.70. The summed E-state index contributed by atoms with van der Waals surface area (Å²) in [6.07, 6.45) is -5.87. The standard InChI is InChI=1S/C15H13F5N2O3S/c16-14(17,15(18,19)20)10-21-26(23,24)13-8-4-7-12(22-13)25-9-11-5-2-1-3-6-11/h1-8,21H,9-10H2. The average molecular weight is 396 g/mol. The summed E-state index contributed by atoms with van der Waals surface area (Å²) in [5.41, 5.74) is 0.769. The van der Waals surface area contributed by atoms with Gasteiger partial charge in [0.15, 0.2) is 5.03 Å². The van der Waals surface area contributed by atoms with Gasteiger partial charge in [-0.15, -0.1) is 0 Å². The van der Waals surface area contributed by atoms with Crippen molar-refractivity contribution >= 4 is 10.0 Å². The largest absolute Gasteiger partial charge is 0.473 e. The van der Waals surface area contributed by atoms with E-state index < -0.39 is 33.7 Å². The molecule has 0 saturated carbocycles. The first-order chi connectivity index (χ1) is 12.0. The minimum absolute atomic E-state index is 0.0664. The molecule has 0 aliphatic carbocycles. The van der Waals surface area contributed by atoms with Crippen LogP contribution in [-0.4, -0.2) is 32.0 Å². The van der Waals surface area contributed by atoms with Gasteiger partial charge in [0.2, 0.25) is 5.88 Å². The number of hydrogen-bond donors (Lipinski definition) is 1. The monoisotopic (exact) mass is 396 g/mol. The molecule has 1 N–H and O–H groups in total. The molecule has 11 heteroatoms. The quantitative estimate of drug-likeness (QED) is 0.731. The van der Waals surface area contributed by atoms with Gasteiger partial charge in [0, 0.05) is 6.07 Å². The van der Waals surface area contributed by atoms with Crippen LogP contribution in [0.25, 0.3) is 0 Å². The van der Waals surface area contributed by atoms with E-state index in [1.54, 1.807) is 30.3 Å². The van der Waals surface area contributed by atoms with Gasteiger partial charge in [-0.3, -0.25) is 0 Å². The van der Waals surface area contributed by atoms with E-state index in [1.165, 1.54) is 16.9 Å². The van der Waals surface area contributed by atoms with E-state index in [9.17, 15) is 30.4 Å². The van der Waals surface area contributed by atoms with Crippen molar-refractivity contribution < 1.29 is 35.1 Å². The lowest BCUT2D eigenvalue weighted by atomic mass is 10.2. The van der Waals surface area contributed by atoms with Crippen LogP contribution >= 0.6 is 0 Å². The number of alkyl halides is 5. The molecule has 26 heavy (non-hydrogen) atoms. The Bertz CT molecular complexity index is 842. The number of hydrogen-bond acceptors (Lipinski definition) is 4. The molecule has 0 unspecified atom stereocenters. The Hall–Kier alpha value is -2.27. The zero-order valence-electron chi connectivity index (χ0n) is 13.0. The van der Waals surface area contributed by atoms with Gasteiger partial charge in [0.05, 0.1) is 6.54 Å². The number of pyridine rings is 1. The van der Waals surface area contributed by atoms with Crippen molar-refractivity contribution in [2.45, 2.75) is 23.7 Å². The van der Waals surface area contributed by atoms with Crippen LogP contribution in [0.4, 0.5) is 22.0 Å². The van der Waals surface area contributed by atoms with Gasteiger partial charge in [0.1, 0.15) is 6.61 Å². The molecule has 0 saturated heterocycles. The molecule has 0 aliphatic heterocycles. The topological polar surface area (TPSA) is 68.3 Å². The highest BCUT2D eigenvalue weighted by Crippen LogP contribution is 2.34. The van der Waals surface area contributed by atoms with E-state index in [1.807, 2.05) is 0 Å². The lowest BCUT2D eigenvalue weighted by Crippen LogP contribution is -2.46. The van der Waals surface area contributed by atoms with Gasteiger partial charge in [-0.25, -0.2) is 18.1 Å². The molecule has 5 nitrogen and oxygen atoms in total. The van der Waals surface area contributed by atoms with Gasteiger partial charge >= 0.3 is 12.1 Å². The van der Waals surface area contributed by atoms with Crippen LogP contribution in [-0.2, 0) is 16.6 Å². The van der Waals surface area contributed by atoms with E-state index in [2.05, 4.69) is 4.98 Å². The fraction of sp³-hybridized carbons (Fsp3) is 0.267. The highest BCUT2D eigenvalue weighted by atomic mass is 32.2. The second-order valence-electron chi connectivity index (χ2n) is 5.12. The van der Waals surface area contributed by atoms with E-state index >= 15 is 0 Å². The Labute approximate surface area is 145 Å². The van der Waals surface area contributed by atoms with Crippen molar-refractivity contribution in [1.82, 2.24) is 9.71 Å². The predicted molar refractivity (Wildman–Crippen MR) is 81.2 cm³/mol. The zero-order chi connectivity index (χ0) is 19.4. The maximum Gasteiger partial charge on any atom is 0.454 e. The molecule has 0 amide bonds. The Morgan fingerprint density at radius 3 is 2.23 bits per heavy atom. The van der Waals surface area contributed by atoms with E-state index in [-0.39, 0.29) is 12.5 Å². The van der Waals surface area contributed by atoms with Crippen LogP contribution in [0.2, 0.25) is 0 Å². The molecule has 2 aromatic rings. The van der Waals surface area contributed by atoms with Crippen LogP contribution in [0.15, 0.2) is 53.6 Å². The third kappa shape index (κ3) is 5.11. The van der Waals surface area contributed by atoms with Crippen LogP contribution in [0, 0.1) is 0 Å². The summed E-state index contributed by atoms with van der Waals surface area (Å²) in [6.45, 7) is -2.06. The molecule has 0 aliphatic rings. The van der Waals surface area contributed by atoms with Crippen molar-refractivity contribution in [3.05, 3.63) is 54.1 Å². The van der Waals surface area contributed by atoms with Crippen LogP contribution in [0.1, 0.15) is 5.56 Å². The maximum atomic E-state index is 12.9. The summed E-state index contributed by atoms with van der Waals surface area (Å²) in [4.78, 5) is 3.62. The van der Waals surface area contributed by atoms with Crippen molar-refractivity contribution in [3.63, 3.8) is 0 Å². The second kappa shape index (κ2) is 7.54. The third-order valence-electron chi connectivity index (χ3n) is 3.10. The van der Waals surface area contributed by atoms with Crippen molar-refractivity contribution in [1.29, 1.82) is 0 Å². The molecule has 0 bridgehead atoms. The van der Waals surface area contributed by atoms with Gasteiger partial charge in [0.25, 0.3) is 10.0 Å². The SMILES string of the molecule is O=S(=O)(NCC(F)(F)C(F)(F)F)c1cccc(OCc2ccccc2)n1. The van der Waals surface area contributed by atoms with Crippen LogP contribution < -0.4 is 9.46 Å². The first-order valence-corrected chi connectivity index (χ1v) is 8.58. The minimum atomic E-state index is -5.87. The molecule has 142 valence electrons. The number of aromatic nitrogens is 1. The Morgan fingerprint density at radius 2 is 1.62 bits per heavy atom. The number of sulfonamides is 1. The van der Waals surface area contributed by atoms with Gasteiger partial charge in [-0.05, 0) is 11.6 Å². The molecule has 1 aromatic carbocycles. The van der Waals surface area contributed by atoms with Crippen molar-refractivity contribution in [2.24, 2.45) is 0 Å². The molecule has 1 aromatic heterocycles. The van der Waals surface area contributed by atoms with Crippen LogP contribution in [0.5, 0.6) is 5.88 Å². The Morgan fingerprint density at radius 1 is 0.962 bits per heavy atom. The van der Waals surface area contributed by atoms with Gasteiger partial charge < -0.3 is 4.74 Å². The lowest BCUT2D eigenvalue weighted by Gasteiger charge is -2.19. The highest BCUT2D eigenvalue weighted by molar-refractivity contribution is 7.89. The van der Waals surface area contributed by atoms with Crippen molar-refractivity contribution in [3.8, 4) is 5.88 Å². The zero-order valence-corrected chi connectivity index (χ0v) is 13.8. The van der Waals surface area contributed by atoms with E-state index in [0.29, 0.717) is 0 Å². The van der Waals surface area contributed by atoms with Gasteiger partial charge in [-0.1, -0.05) is 36.4 Å². The summed E-state index contributed by atoms with van der Waals surface area (Å²) in [5.74, 6) is -5.33. The number of rotatable bonds is 7. The third-order valence-corrected chi connectivity index (χ3v) is 4.40. The summed E-state index contributed by atoms with van der Waals surface area (Å²) < 4.78 is 92.4. The normalized spacial score (nSPS) is 12.8. The first kappa shape index (κ1) is 20.0. The highest BCUT2D eigenvalue weighted by Gasteiger charge is 2.57. The minimum Gasteiger partial charge on any atom is -0.473 e. The Balaban J connectivity index is 2.08. The van der Waals surface area contributed by atoms with E-state index in [0.717, 1.165) is 11.6 Å². The molecule has 0 fully saturated rings. The second-order valence-corrected chi connectivity index (χ2v) is 6.83. The summed E-state index contributed by atoms with van der Waals surface area (Å²) in [7, 11) is -4.68. The average Bonchev–Trinajstić information content (AvgIpc) is 2.59. The predicted octanol–water partition coefficient (Wildman–Crippen LogP) is 3.14. The van der Waals surface area contributed by atoms with Gasteiger partial charge in [-0.2, -0.15) is 22.0 Å². The number of ether oxygens (including phenoxy) is 1. The molecule has 0 radical (unpaired) electrons. The lowest BCUT2D eigenvalue weighted by molar-refractivity contribution is -0.277. The summed E-state index contributed by atoms with van der Waals surface area (Å²) in [5, 5.41) is -0.735. The molecule has 1 heterocycles. The molecular formula is C15H13F5N2O3S.